The van der Waals surface area contributed by atoms with Gasteiger partial charge in [-0.15, -0.1) is 0 Å². The molecule has 1 fully saturated rings. The van der Waals surface area contributed by atoms with E-state index in [4.69, 9.17) is 14.9 Å². The van der Waals surface area contributed by atoms with E-state index >= 15 is 0 Å². The summed E-state index contributed by atoms with van der Waals surface area (Å²) in [5.74, 6) is -6.76. The van der Waals surface area contributed by atoms with Gasteiger partial charge in [0.25, 0.3) is 11.7 Å². The summed E-state index contributed by atoms with van der Waals surface area (Å²) in [4.78, 5) is 22.0. The largest absolute Gasteiger partial charge is 0.477 e. The summed E-state index contributed by atoms with van der Waals surface area (Å²) in [5, 5.41) is 58.1. The number of aliphatic hydroxyl groups is 5. The Balaban J connectivity index is 3.09. The molecule has 1 aliphatic heterocycles. The fourth-order valence-electron chi connectivity index (χ4n) is 2.13. The number of rotatable bonds is 6. The summed E-state index contributed by atoms with van der Waals surface area (Å²) >= 11 is 0. The summed E-state index contributed by atoms with van der Waals surface area (Å²) in [6.07, 6.45) is -12.3. The highest BCUT2D eigenvalue weighted by Gasteiger charge is 2.54. The number of aliphatic carboxylic acids is 1. The second-order valence-corrected chi connectivity index (χ2v) is 5.02. The van der Waals surface area contributed by atoms with Gasteiger partial charge in [0.05, 0.1) is 18.8 Å². The second kappa shape index (κ2) is 7.42. The zero-order chi connectivity index (χ0) is 17.9. The molecule has 0 saturated carbocycles. The van der Waals surface area contributed by atoms with Crippen LogP contribution in [0.5, 0.6) is 0 Å². The molecular weight excluding hydrogens is 328 g/mol. The number of alkyl halides is 2. The first-order valence-electron chi connectivity index (χ1n) is 6.40. The number of amides is 1. The van der Waals surface area contributed by atoms with Crippen LogP contribution in [0.1, 0.15) is 6.42 Å². The predicted molar refractivity (Wildman–Crippen MR) is 65.1 cm³/mol. The summed E-state index contributed by atoms with van der Waals surface area (Å²) in [6, 6.07) is -1.76. The van der Waals surface area contributed by atoms with Crippen molar-refractivity contribution in [3.05, 3.63) is 0 Å². The van der Waals surface area contributed by atoms with Crippen molar-refractivity contribution < 1.29 is 53.7 Å². The van der Waals surface area contributed by atoms with Gasteiger partial charge in [-0.3, -0.25) is 4.79 Å². The Morgan fingerprint density at radius 3 is 2.35 bits per heavy atom. The Hall–Kier alpha value is -1.44. The highest BCUT2D eigenvalue weighted by atomic mass is 19.3. The van der Waals surface area contributed by atoms with E-state index in [1.54, 1.807) is 5.32 Å². The highest BCUT2D eigenvalue weighted by Crippen LogP contribution is 2.30. The predicted octanol–water partition coefficient (Wildman–Crippen LogP) is -3.63. The van der Waals surface area contributed by atoms with E-state index in [0.29, 0.717) is 0 Å². The van der Waals surface area contributed by atoms with E-state index < -0.39 is 67.6 Å². The molecule has 0 bridgehead atoms. The van der Waals surface area contributed by atoms with Gasteiger partial charge in [0.2, 0.25) is 0 Å². The van der Waals surface area contributed by atoms with Crippen molar-refractivity contribution >= 4 is 11.9 Å². The molecule has 1 rings (SSSR count). The van der Waals surface area contributed by atoms with Crippen LogP contribution in [0.15, 0.2) is 0 Å². The standard InChI is InChI=1S/C11H17F2NO9/c12-8(13)9(19)14-5-3(16)1-11(22,10(20)21)23-7(5)6(18)4(17)2-15/h3-8,15-18,22H,1-2H2,(H,14,19)(H,20,21)/t3-,4+,5+,6+,7+,11?/m0/s1. The lowest BCUT2D eigenvalue weighted by Crippen LogP contribution is -2.67. The van der Waals surface area contributed by atoms with Crippen LogP contribution in [-0.2, 0) is 14.3 Å². The maximum Gasteiger partial charge on any atom is 0.364 e. The molecule has 6 atom stereocenters. The lowest BCUT2D eigenvalue weighted by Gasteiger charge is -2.44. The number of hydrogen-bond acceptors (Lipinski definition) is 8. The number of hydrogen-bond donors (Lipinski definition) is 7. The Morgan fingerprint density at radius 1 is 1.35 bits per heavy atom. The maximum atomic E-state index is 12.3. The zero-order valence-electron chi connectivity index (χ0n) is 11.5. The molecule has 0 aliphatic carbocycles. The second-order valence-electron chi connectivity index (χ2n) is 5.02. The highest BCUT2D eigenvalue weighted by molar-refractivity contribution is 5.80. The molecule has 0 radical (unpaired) electrons. The average Bonchev–Trinajstić information content (AvgIpc) is 2.47. The third-order valence-electron chi connectivity index (χ3n) is 3.34. The van der Waals surface area contributed by atoms with Crippen molar-refractivity contribution in [3.63, 3.8) is 0 Å². The van der Waals surface area contributed by atoms with Crippen LogP contribution >= 0.6 is 0 Å². The summed E-state index contributed by atoms with van der Waals surface area (Å²) in [6.45, 7) is -1.02. The van der Waals surface area contributed by atoms with Gasteiger partial charge in [0, 0.05) is 6.42 Å². The van der Waals surface area contributed by atoms with Crippen LogP contribution in [0, 0.1) is 0 Å². The molecule has 0 spiro atoms. The molecule has 1 aliphatic rings. The van der Waals surface area contributed by atoms with Gasteiger partial charge in [-0.1, -0.05) is 0 Å². The topological polar surface area (TPSA) is 177 Å². The minimum Gasteiger partial charge on any atom is -0.477 e. The van der Waals surface area contributed by atoms with E-state index in [9.17, 15) is 38.8 Å². The molecule has 1 heterocycles. The zero-order valence-corrected chi connectivity index (χ0v) is 11.5. The Kier molecular flexibility index (Phi) is 6.33. The number of nitrogens with one attached hydrogen (secondary N) is 1. The monoisotopic (exact) mass is 345 g/mol. The Bertz CT molecular complexity index is 451. The summed E-state index contributed by atoms with van der Waals surface area (Å²) in [7, 11) is 0. The van der Waals surface area contributed by atoms with Gasteiger partial charge in [-0.05, 0) is 0 Å². The van der Waals surface area contributed by atoms with E-state index in [0.717, 1.165) is 0 Å². The lowest BCUT2D eigenvalue weighted by molar-refractivity contribution is -0.295. The van der Waals surface area contributed by atoms with E-state index in [2.05, 4.69) is 0 Å². The molecule has 134 valence electrons. The third kappa shape index (κ3) is 4.31. The van der Waals surface area contributed by atoms with Crippen molar-refractivity contribution in [2.24, 2.45) is 0 Å². The van der Waals surface area contributed by atoms with E-state index in [-0.39, 0.29) is 0 Å². The number of carbonyl (C=O) groups is 2. The quantitative estimate of drug-likeness (QED) is 0.256. The molecule has 23 heavy (non-hydrogen) atoms. The van der Waals surface area contributed by atoms with Gasteiger partial charge < -0.3 is 40.7 Å². The SMILES string of the molecule is O=C(N[C@H]1[C@H]([C@H](O)[C@H](O)CO)OC(O)(C(=O)O)C[C@@H]1O)C(F)F. The molecule has 0 aromatic rings. The molecular formula is C11H17F2NO9. The van der Waals surface area contributed by atoms with Crippen molar-refractivity contribution in [2.75, 3.05) is 6.61 Å². The smallest absolute Gasteiger partial charge is 0.364 e. The molecule has 10 nitrogen and oxygen atoms in total. The summed E-state index contributed by atoms with van der Waals surface area (Å²) in [5.41, 5.74) is 0. The van der Waals surface area contributed by atoms with E-state index in [1.165, 1.54) is 0 Å². The summed E-state index contributed by atoms with van der Waals surface area (Å²) < 4.78 is 29.3. The molecule has 1 unspecified atom stereocenters. The average molecular weight is 345 g/mol. The number of aliphatic hydroxyl groups excluding tert-OH is 4. The first-order chi connectivity index (χ1) is 10.5. The van der Waals surface area contributed by atoms with Crippen LogP contribution in [0.2, 0.25) is 0 Å². The van der Waals surface area contributed by atoms with Crippen LogP contribution < -0.4 is 5.32 Å². The Morgan fingerprint density at radius 2 is 1.91 bits per heavy atom. The van der Waals surface area contributed by atoms with Crippen molar-refractivity contribution in [2.45, 2.75) is 49.1 Å². The Labute approximate surface area is 127 Å². The van der Waals surface area contributed by atoms with Crippen LogP contribution in [-0.4, -0.2) is 91.8 Å². The van der Waals surface area contributed by atoms with Crippen LogP contribution in [0.25, 0.3) is 0 Å². The molecule has 12 heteroatoms. The first kappa shape index (κ1) is 19.6. The third-order valence-corrected chi connectivity index (χ3v) is 3.34. The van der Waals surface area contributed by atoms with Gasteiger partial charge in [0.1, 0.15) is 18.3 Å². The molecule has 0 aromatic carbocycles. The fraction of sp³-hybridized carbons (Fsp3) is 0.818. The van der Waals surface area contributed by atoms with Gasteiger partial charge in [-0.25, -0.2) is 4.79 Å². The minimum atomic E-state index is -3.47. The van der Waals surface area contributed by atoms with Gasteiger partial charge in [-0.2, -0.15) is 8.78 Å². The lowest BCUT2D eigenvalue weighted by atomic mass is 9.88. The fourth-order valence-corrected chi connectivity index (χ4v) is 2.13. The number of halogens is 2. The van der Waals surface area contributed by atoms with Crippen molar-refractivity contribution in [3.8, 4) is 0 Å². The maximum absolute atomic E-state index is 12.3. The molecule has 1 amide bonds. The number of carboxylic acid groups (broad SMARTS) is 1. The van der Waals surface area contributed by atoms with Gasteiger partial charge in [0.15, 0.2) is 0 Å². The van der Waals surface area contributed by atoms with Crippen molar-refractivity contribution in [1.82, 2.24) is 5.32 Å². The van der Waals surface area contributed by atoms with Crippen LogP contribution in [0.4, 0.5) is 8.78 Å². The van der Waals surface area contributed by atoms with Gasteiger partial charge >= 0.3 is 12.4 Å². The normalized spacial score (nSPS) is 34.0. The molecule has 0 aromatic heterocycles. The molecule has 7 N–H and O–H groups in total. The van der Waals surface area contributed by atoms with Crippen LogP contribution in [0.3, 0.4) is 0 Å². The minimum absolute atomic E-state index is 0.991. The first-order valence-corrected chi connectivity index (χ1v) is 6.40. The molecule has 1 saturated heterocycles. The van der Waals surface area contributed by atoms with E-state index in [1.807, 2.05) is 0 Å². The number of carbonyl (C=O) groups excluding carboxylic acids is 1. The number of carboxylic acids is 1. The number of ether oxygens (including phenoxy) is 1. The van der Waals surface area contributed by atoms with Crippen molar-refractivity contribution in [1.29, 1.82) is 0 Å².